The topological polar surface area (TPSA) is 52.6 Å². The van der Waals surface area contributed by atoms with Crippen LogP contribution in [0.5, 0.6) is 0 Å². The highest BCUT2D eigenvalue weighted by Crippen LogP contribution is 2.34. The van der Waals surface area contributed by atoms with Gasteiger partial charge in [-0.3, -0.25) is 9.69 Å². The fourth-order valence-corrected chi connectivity index (χ4v) is 4.78. The molecular weight excluding hydrogens is 338 g/mol. The lowest BCUT2D eigenvalue weighted by molar-refractivity contribution is -0.124. The molecule has 0 aliphatic carbocycles. The highest BCUT2D eigenvalue weighted by molar-refractivity contribution is 5.96. The van der Waals surface area contributed by atoms with E-state index in [-0.39, 0.29) is 5.91 Å². The molecule has 2 unspecified atom stereocenters. The number of hydrogen-bond donors (Lipinski definition) is 0. The molecule has 1 amide bonds. The van der Waals surface area contributed by atoms with Crippen LogP contribution in [-0.2, 0) is 11.2 Å². The molecule has 6 rings (SSSR count). The Morgan fingerprint density at radius 3 is 2.81 bits per heavy atom. The average Bonchev–Trinajstić information content (AvgIpc) is 2.71. The van der Waals surface area contributed by atoms with Gasteiger partial charge in [-0.15, -0.1) is 0 Å². The second-order valence-corrected chi connectivity index (χ2v) is 7.92. The van der Waals surface area contributed by atoms with Gasteiger partial charge in [0.05, 0.1) is 6.54 Å². The summed E-state index contributed by atoms with van der Waals surface area (Å²) in [5.74, 6) is 1.25. The molecule has 6 nitrogen and oxygen atoms in total. The van der Waals surface area contributed by atoms with Gasteiger partial charge in [-0.1, -0.05) is 18.2 Å². The second-order valence-electron chi connectivity index (χ2n) is 7.92. The zero-order valence-electron chi connectivity index (χ0n) is 15.7. The van der Waals surface area contributed by atoms with E-state index in [0.29, 0.717) is 18.6 Å². The van der Waals surface area contributed by atoms with Crippen LogP contribution in [0.3, 0.4) is 0 Å². The number of benzene rings is 1. The van der Waals surface area contributed by atoms with E-state index >= 15 is 0 Å². The Bertz CT molecular complexity index is 857. The van der Waals surface area contributed by atoms with Crippen molar-refractivity contribution in [3.63, 3.8) is 0 Å². The highest BCUT2D eigenvalue weighted by Gasteiger charge is 2.46. The number of fused-ring (bicyclic) bond motifs is 3. The number of piperazine rings is 1. The lowest BCUT2D eigenvalue weighted by Crippen LogP contribution is -2.70. The van der Waals surface area contributed by atoms with Crippen molar-refractivity contribution in [1.82, 2.24) is 14.9 Å². The van der Waals surface area contributed by atoms with Crippen LogP contribution < -0.4 is 9.80 Å². The van der Waals surface area contributed by atoms with Gasteiger partial charge in [-0.05, 0) is 37.8 Å². The summed E-state index contributed by atoms with van der Waals surface area (Å²) in [5.41, 5.74) is 3.40. The minimum Gasteiger partial charge on any atom is -0.353 e. The number of aryl methyl sites for hydroxylation is 2. The molecular formula is C21H25N5O. The predicted octanol–water partition coefficient (Wildman–Crippen LogP) is 2.03. The van der Waals surface area contributed by atoms with Crippen molar-refractivity contribution in [2.24, 2.45) is 0 Å². The molecule has 4 aliphatic rings. The SMILES string of the molecule is Cc1cc(N2CC3CC(C2)N3CC(=O)N2CCCc3ccccc32)ncn1. The standard InChI is InChI=1S/C21H25N5O/c1-15-9-20(23-14-22-15)24-11-17-10-18(12-24)26(17)13-21(27)25-8-4-6-16-5-2-3-7-19(16)25/h2-3,5,7,9,14,17-18H,4,6,8,10-13H2,1H3. The van der Waals surface area contributed by atoms with Crippen molar-refractivity contribution in [2.45, 2.75) is 38.3 Å². The van der Waals surface area contributed by atoms with Gasteiger partial charge in [0, 0.05) is 49.2 Å². The molecule has 0 N–H and O–H groups in total. The van der Waals surface area contributed by atoms with Crippen LogP contribution in [-0.4, -0.2) is 59.0 Å². The zero-order chi connectivity index (χ0) is 18.4. The van der Waals surface area contributed by atoms with Gasteiger partial charge in [0.2, 0.25) is 5.91 Å². The highest BCUT2D eigenvalue weighted by atomic mass is 16.2. The Morgan fingerprint density at radius 1 is 1.19 bits per heavy atom. The minimum atomic E-state index is 0.239. The molecule has 4 aliphatic heterocycles. The van der Waals surface area contributed by atoms with Crippen molar-refractivity contribution < 1.29 is 4.79 Å². The van der Waals surface area contributed by atoms with Gasteiger partial charge < -0.3 is 9.80 Å². The monoisotopic (exact) mass is 363 g/mol. The molecule has 1 aromatic heterocycles. The van der Waals surface area contributed by atoms with Crippen molar-refractivity contribution >= 4 is 17.4 Å². The van der Waals surface area contributed by atoms with Gasteiger partial charge in [0.1, 0.15) is 12.1 Å². The van der Waals surface area contributed by atoms with E-state index in [2.05, 4.69) is 38.0 Å². The van der Waals surface area contributed by atoms with E-state index in [0.717, 1.165) is 49.7 Å². The maximum absolute atomic E-state index is 13.0. The van der Waals surface area contributed by atoms with E-state index in [1.165, 1.54) is 12.0 Å². The van der Waals surface area contributed by atoms with Gasteiger partial charge in [0.15, 0.2) is 0 Å². The summed E-state index contributed by atoms with van der Waals surface area (Å²) in [7, 11) is 0. The normalized spacial score (nSPS) is 24.3. The van der Waals surface area contributed by atoms with Gasteiger partial charge >= 0.3 is 0 Å². The third kappa shape index (κ3) is 2.98. The third-order valence-corrected chi connectivity index (χ3v) is 6.19. The van der Waals surface area contributed by atoms with E-state index in [1.54, 1.807) is 6.33 Å². The molecule has 0 spiro atoms. The Labute approximate surface area is 159 Å². The van der Waals surface area contributed by atoms with Crippen LogP contribution in [0.15, 0.2) is 36.7 Å². The summed E-state index contributed by atoms with van der Waals surface area (Å²) in [6.07, 6.45) is 4.95. The van der Waals surface area contributed by atoms with Crippen LogP contribution in [0.4, 0.5) is 11.5 Å². The van der Waals surface area contributed by atoms with Crippen LogP contribution in [0.25, 0.3) is 0 Å². The molecule has 3 fully saturated rings. The van der Waals surface area contributed by atoms with E-state index in [9.17, 15) is 4.79 Å². The fourth-order valence-electron chi connectivity index (χ4n) is 4.78. The molecule has 0 saturated carbocycles. The number of aromatic nitrogens is 2. The Kier molecular flexibility index (Phi) is 4.08. The van der Waals surface area contributed by atoms with Crippen LogP contribution in [0.1, 0.15) is 24.1 Å². The number of anilines is 2. The van der Waals surface area contributed by atoms with E-state index in [4.69, 9.17) is 0 Å². The first-order chi connectivity index (χ1) is 13.2. The Balaban J connectivity index is 1.26. The first-order valence-corrected chi connectivity index (χ1v) is 9.86. The fraction of sp³-hybridized carbons (Fsp3) is 0.476. The lowest BCUT2D eigenvalue weighted by atomic mass is 9.87. The number of nitrogens with zero attached hydrogens (tertiary/aromatic N) is 5. The summed E-state index contributed by atoms with van der Waals surface area (Å²) in [4.78, 5) is 28.4. The largest absolute Gasteiger partial charge is 0.353 e. The van der Waals surface area contributed by atoms with Crippen molar-refractivity contribution in [3.8, 4) is 0 Å². The predicted molar refractivity (Wildman–Crippen MR) is 105 cm³/mol. The number of piperidine rings is 1. The maximum atomic E-state index is 13.0. The molecule has 0 radical (unpaired) electrons. The quantitative estimate of drug-likeness (QED) is 0.835. The molecule has 2 aromatic rings. The summed E-state index contributed by atoms with van der Waals surface area (Å²) >= 11 is 0. The number of carbonyl (C=O) groups is 1. The lowest BCUT2D eigenvalue weighted by Gasteiger charge is -2.56. The smallest absolute Gasteiger partial charge is 0.241 e. The van der Waals surface area contributed by atoms with Crippen LogP contribution >= 0.6 is 0 Å². The summed E-state index contributed by atoms with van der Waals surface area (Å²) < 4.78 is 0. The van der Waals surface area contributed by atoms with Crippen LogP contribution in [0, 0.1) is 6.92 Å². The first-order valence-electron chi connectivity index (χ1n) is 9.86. The number of para-hydroxylation sites is 1. The van der Waals surface area contributed by atoms with Gasteiger partial charge in [0.25, 0.3) is 0 Å². The average molecular weight is 363 g/mol. The van der Waals surface area contributed by atoms with E-state index < -0.39 is 0 Å². The number of carbonyl (C=O) groups excluding carboxylic acids is 1. The second kappa shape index (κ2) is 6.60. The number of amides is 1. The number of hydrogen-bond acceptors (Lipinski definition) is 5. The molecule has 3 saturated heterocycles. The summed E-state index contributed by atoms with van der Waals surface area (Å²) in [6.45, 7) is 5.25. The Morgan fingerprint density at radius 2 is 2.00 bits per heavy atom. The van der Waals surface area contributed by atoms with Gasteiger partial charge in [-0.2, -0.15) is 0 Å². The molecule has 140 valence electrons. The van der Waals surface area contributed by atoms with Crippen molar-refractivity contribution in [2.75, 3.05) is 36.0 Å². The van der Waals surface area contributed by atoms with Gasteiger partial charge in [-0.25, -0.2) is 9.97 Å². The first kappa shape index (κ1) is 16.7. The summed E-state index contributed by atoms with van der Waals surface area (Å²) in [5, 5.41) is 0. The minimum absolute atomic E-state index is 0.239. The van der Waals surface area contributed by atoms with E-state index in [1.807, 2.05) is 24.0 Å². The third-order valence-electron chi connectivity index (χ3n) is 6.19. The molecule has 6 heteroatoms. The number of rotatable bonds is 3. The zero-order valence-corrected chi connectivity index (χ0v) is 15.7. The Hall–Kier alpha value is -2.47. The molecule has 2 atom stereocenters. The molecule has 27 heavy (non-hydrogen) atoms. The molecule has 1 aromatic carbocycles. The molecule has 5 heterocycles. The van der Waals surface area contributed by atoms with Crippen LogP contribution in [0.2, 0.25) is 0 Å². The van der Waals surface area contributed by atoms with Crippen molar-refractivity contribution in [3.05, 3.63) is 47.9 Å². The summed E-state index contributed by atoms with van der Waals surface area (Å²) in [6, 6.07) is 11.3. The maximum Gasteiger partial charge on any atom is 0.241 e. The van der Waals surface area contributed by atoms with Crippen molar-refractivity contribution in [1.29, 1.82) is 0 Å². The molecule has 2 bridgehead atoms.